The molecule has 86 valence electrons. The molecule has 0 saturated heterocycles. The summed E-state index contributed by atoms with van der Waals surface area (Å²) < 4.78 is 0. The number of nitrogens with zero attached hydrogens (tertiary/aromatic N) is 1. The standard InChI is InChI=1S/C12H17N3O/c1-10(14-15(2)3)9-12(16)13-11-7-5-4-6-8-11/h4-9,14H,1-3H3,(H,13,16)/b10-9+. The van der Waals surface area contributed by atoms with Crippen molar-refractivity contribution in [2.45, 2.75) is 6.92 Å². The maximum atomic E-state index is 11.6. The van der Waals surface area contributed by atoms with Crippen LogP contribution in [0.15, 0.2) is 42.1 Å². The Morgan fingerprint density at radius 2 is 1.88 bits per heavy atom. The van der Waals surface area contributed by atoms with Gasteiger partial charge in [0.15, 0.2) is 0 Å². The second-order valence-corrected chi connectivity index (χ2v) is 3.69. The van der Waals surface area contributed by atoms with Gasteiger partial charge < -0.3 is 10.7 Å². The Morgan fingerprint density at radius 3 is 2.44 bits per heavy atom. The van der Waals surface area contributed by atoms with Gasteiger partial charge in [0.25, 0.3) is 0 Å². The minimum absolute atomic E-state index is 0.141. The molecule has 0 aliphatic rings. The summed E-state index contributed by atoms with van der Waals surface area (Å²) in [5.41, 5.74) is 4.58. The van der Waals surface area contributed by atoms with E-state index in [1.165, 1.54) is 6.08 Å². The Labute approximate surface area is 95.9 Å². The number of carbonyl (C=O) groups excluding carboxylic acids is 1. The van der Waals surface area contributed by atoms with Crippen molar-refractivity contribution in [3.63, 3.8) is 0 Å². The van der Waals surface area contributed by atoms with Gasteiger partial charge in [0.05, 0.1) is 0 Å². The lowest BCUT2D eigenvalue weighted by Crippen LogP contribution is -2.29. The summed E-state index contributed by atoms with van der Waals surface area (Å²) in [7, 11) is 3.74. The van der Waals surface area contributed by atoms with Gasteiger partial charge in [-0.1, -0.05) is 18.2 Å². The molecule has 0 aromatic heterocycles. The lowest BCUT2D eigenvalue weighted by molar-refractivity contribution is -0.112. The molecule has 0 fully saturated rings. The van der Waals surface area contributed by atoms with Crippen LogP contribution in [-0.4, -0.2) is 25.0 Å². The molecule has 1 amide bonds. The van der Waals surface area contributed by atoms with Crippen molar-refractivity contribution in [2.75, 3.05) is 19.4 Å². The van der Waals surface area contributed by atoms with Gasteiger partial charge in [-0.05, 0) is 19.1 Å². The summed E-state index contributed by atoms with van der Waals surface area (Å²) in [4.78, 5) is 11.6. The SMILES string of the molecule is C/C(=C\C(=O)Nc1ccccc1)NN(C)C. The van der Waals surface area contributed by atoms with E-state index in [9.17, 15) is 4.79 Å². The van der Waals surface area contributed by atoms with E-state index in [1.54, 1.807) is 5.01 Å². The summed E-state index contributed by atoms with van der Waals surface area (Å²) in [6, 6.07) is 9.36. The van der Waals surface area contributed by atoms with Gasteiger partial charge in [0.1, 0.15) is 0 Å². The van der Waals surface area contributed by atoms with Gasteiger partial charge in [-0.3, -0.25) is 4.79 Å². The smallest absolute Gasteiger partial charge is 0.250 e. The van der Waals surface area contributed by atoms with Gasteiger partial charge in [0.2, 0.25) is 5.91 Å². The van der Waals surface area contributed by atoms with Crippen LogP contribution < -0.4 is 10.7 Å². The van der Waals surface area contributed by atoms with Crippen LogP contribution in [0.3, 0.4) is 0 Å². The summed E-state index contributed by atoms with van der Waals surface area (Å²) in [6.45, 7) is 1.84. The first-order valence-corrected chi connectivity index (χ1v) is 5.06. The lowest BCUT2D eigenvalue weighted by atomic mass is 10.3. The minimum Gasteiger partial charge on any atom is -0.324 e. The van der Waals surface area contributed by atoms with Crippen molar-refractivity contribution in [2.24, 2.45) is 0 Å². The Bertz CT molecular complexity index is 371. The van der Waals surface area contributed by atoms with Gasteiger partial charge in [0, 0.05) is 31.6 Å². The molecule has 4 nitrogen and oxygen atoms in total. The Kier molecular flexibility index (Phi) is 4.54. The highest BCUT2D eigenvalue weighted by molar-refractivity contribution is 5.99. The highest BCUT2D eigenvalue weighted by Crippen LogP contribution is 2.04. The van der Waals surface area contributed by atoms with Crippen LogP contribution >= 0.6 is 0 Å². The molecule has 0 saturated carbocycles. The van der Waals surface area contributed by atoms with Gasteiger partial charge in [-0.15, -0.1) is 0 Å². The van der Waals surface area contributed by atoms with E-state index in [2.05, 4.69) is 10.7 Å². The van der Waals surface area contributed by atoms with E-state index in [0.717, 1.165) is 11.4 Å². The van der Waals surface area contributed by atoms with Crippen molar-refractivity contribution in [1.29, 1.82) is 0 Å². The second-order valence-electron chi connectivity index (χ2n) is 3.69. The molecule has 0 unspecified atom stereocenters. The number of hydrazine groups is 1. The number of nitrogens with one attached hydrogen (secondary N) is 2. The largest absolute Gasteiger partial charge is 0.324 e. The first kappa shape index (κ1) is 12.3. The van der Waals surface area contributed by atoms with Crippen molar-refractivity contribution in [3.8, 4) is 0 Å². The molecular weight excluding hydrogens is 202 g/mol. The molecule has 4 heteroatoms. The summed E-state index contributed by atoms with van der Waals surface area (Å²) in [5, 5.41) is 4.55. The van der Waals surface area contributed by atoms with Crippen molar-refractivity contribution < 1.29 is 4.79 Å². The fourth-order valence-electron chi connectivity index (χ4n) is 1.28. The zero-order chi connectivity index (χ0) is 12.0. The molecule has 0 aliphatic heterocycles. The highest BCUT2D eigenvalue weighted by atomic mass is 16.1. The molecular formula is C12H17N3O. The maximum absolute atomic E-state index is 11.6. The number of para-hydroxylation sites is 1. The monoisotopic (exact) mass is 219 g/mol. The third-order valence-corrected chi connectivity index (χ3v) is 1.79. The van der Waals surface area contributed by atoms with Crippen molar-refractivity contribution in [3.05, 3.63) is 42.1 Å². The molecule has 0 aliphatic carbocycles. The van der Waals surface area contributed by atoms with E-state index < -0.39 is 0 Å². The molecule has 0 bridgehead atoms. The normalized spacial score (nSPS) is 11.4. The van der Waals surface area contributed by atoms with Crippen LogP contribution in [0, 0.1) is 0 Å². The maximum Gasteiger partial charge on any atom is 0.250 e. The Balaban J connectivity index is 2.54. The Morgan fingerprint density at radius 1 is 1.25 bits per heavy atom. The van der Waals surface area contributed by atoms with Gasteiger partial charge >= 0.3 is 0 Å². The average molecular weight is 219 g/mol. The molecule has 0 spiro atoms. The third-order valence-electron chi connectivity index (χ3n) is 1.79. The summed E-state index contributed by atoms with van der Waals surface area (Å²) >= 11 is 0. The van der Waals surface area contributed by atoms with Crippen LogP contribution in [0.2, 0.25) is 0 Å². The molecule has 0 atom stereocenters. The number of hydrogen-bond donors (Lipinski definition) is 2. The van der Waals surface area contributed by atoms with Gasteiger partial charge in [-0.2, -0.15) is 0 Å². The fraction of sp³-hybridized carbons (Fsp3) is 0.250. The zero-order valence-electron chi connectivity index (χ0n) is 9.82. The third kappa shape index (κ3) is 4.61. The van der Waals surface area contributed by atoms with Crippen LogP contribution in [0.25, 0.3) is 0 Å². The molecule has 0 heterocycles. The molecule has 1 aromatic rings. The predicted molar refractivity (Wildman–Crippen MR) is 65.7 cm³/mol. The number of anilines is 1. The van der Waals surface area contributed by atoms with Crippen molar-refractivity contribution in [1.82, 2.24) is 10.4 Å². The lowest BCUT2D eigenvalue weighted by Gasteiger charge is -2.13. The molecule has 2 N–H and O–H groups in total. The molecule has 1 rings (SSSR count). The number of benzene rings is 1. The van der Waals surface area contributed by atoms with Crippen LogP contribution in [0.4, 0.5) is 5.69 Å². The van der Waals surface area contributed by atoms with Crippen LogP contribution in [0.5, 0.6) is 0 Å². The molecule has 16 heavy (non-hydrogen) atoms. The van der Waals surface area contributed by atoms with E-state index >= 15 is 0 Å². The first-order chi connectivity index (χ1) is 7.58. The van der Waals surface area contributed by atoms with E-state index in [1.807, 2.05) is 51.4 Å². The van der Waals surface area contributed by atoms with Crippen molar-refractivity contribution >= 4 is 11.6 Å². The highest BCUT2D eigenvalue weighted by Gasteiger charge is 1.99. The topological polar surface area (TPSA) is 44.4 Å². The molecule has 0 radical (unpaired) electrons. The zero-order valence-corrected chi connectivity index (χ0v) is 9.82. The number of hydrogen-bond acceptors (Lipinski definition) is 3. The number of carbonyl (C=O) groups is 1. The fourth-order valence-corrected chi connectivity index (χ4v) is 1.28. The quantitative estimate of drug-likeness (QED) is 0.597. The average Bonchev–Trinajstić information content (AvgIpc) is 2.17. The summed E-state index contributed by atoms with van der Waals surface area (Å²) in [6.07, 6.45) is 1.52. The molecule has 1 aromatic carbocycles. The van der Waals surface area contributed by atoms with Gasteiger partial charge in [-0.25, -0.2) is 5.01 Å². The number of rotatable bonds is 4. The van der Waals surface area contributed by atoms with E-state index in [0.29, 0.717) is 0 Å². The Hall–Kier alpha value is -1.81. The summed E-state index contributed by atoms with van der Waals surface area (Å²) in [5.74, 6) is -0.141. The first-order valence-electron chi connectivity index (χ1n) is 5.06. The second kappa shape index (κ2) is 5.92. The predicted octanol–water partition coefficient (Wildman–Crippen LogP) is 1.60. The van der Waals surface area contributed by atoms with E-state index in [-0.39, 0.29) is 5.91 Å². The van der Waals surface area contributed by atoms with Crippen LogP contribution in [0.1, 0.15) is 6.92 Å². The number of allylic oxidation sites excluding steroid dienone is 1. The minimum atomic E-state index is -0.141. The van der Waals surface area contributed by atoms with E-state index in [4.69, 9.17) is 0 Å². The number of amides is 1. The van der Waals surface area contributed by atoms with Crippen LogP contribution in [-0.2, 0) is 4.79 Å².